The van der Waals surface area contributed by atoms with Gasteiger partial charge in [0.2, 0.25) is 20.0 Å². The van der Waals surface area contributed by atoms with Crippen molar-refractivity contribution in [3.05, 3.63) is 24.3 Å². The van der Waals surface area contributed by atoms with Crippen LogP contribution in [0.5, 0.6) is 0 Å². The largest absolute Gasteiger partial charge is 0.314 e. The molecule has 1 aromatic carbocycles. The fourth-order valence-electron chi connectivity index (χ4n) is 2.04. The van der Waals surface area contributed by atoms with Gasteiger partial charge in [-0.3, -0.25) is 0 Å². The lowest BCUT2D eigenvalue weighted by molar-refractivity contribution is 0.360. The van der Waals surface area contributed by atoms with Crippen molar-refractivity contribution in [1.29, 1.82) is 0 Å². The topological polar surface area (TPSA) is 86.8 Å². The first-order valence-electron chi connectivity index (χ1n) is 6.50. The third-order valence-corrected chi connectivity index (χ3v) is 7.00. The number of hydrogen-bond donors (Lipinski definition) is 1. The zero-order chi connectivity index (χ0) is 15.7. The Morgan fingerprint density at radius 2 is 1.62 bits per heavy atom. The second-order valence-corrected chi connectivity index (χ2v) is 9.01. The molecule has 0 atom stereocenters. The van der Waals surface area contributed by atoms with Gasteiger partial charge in [-0.05, 0) is 18.2 Å². The van der Waals surface area contributed by atoms with Crippen molar-refractivity contribution in [1.82, 2.24) is 13.9 Å². The minimum atomic E-state index is -3.66. The Bertz CT molecular complexity index is 708. The highest BCUT2D eigenvalue weighted by Gasteiger charge is 2.27. The first-order chi connectivity index (χ1) is 9.76. The second kappa shape index (κ2) is 6.01. The molecule has 1 heterocycles. The molecule has 1 aliphatic heterocycles. The quantitative estimate of drug-likeness (QED) is 0.805. The Morgan fingerprint density at radius 3 is 2.19 bits per heavy atom. The van der Waals surface area contributed by atoms with E-state index < -0.39 is 20.0 Å². The minimum Gasteiger partial charge on any atom is -0.314 e. The van der Waals surface area contributed by atoms with Gasteiger partial charge in [-0.2, -0.15) is 4.31 Å². The predicted molar refractivity (Wildman–Crippen MR) is 78.9 cm³/mol. The van der Waals surface area contributed by atoms with E-state index in [4.69, 9.17) is 0 Å². The van der Waals surface area contributed by atoms with E-state index in [0.717, 1.165) is 4.31 Å². The van der Waals surface area contributed by atoms with Crippen molar-refractivity contribution in [3.8, 4) is 0 Å². The first kappa shape index (κ1) is 16.4. The second-order valence-electron chi connectivity index (χ2n) is 4.92. The van der Waals surface area contributed by atoms with Crippen LogP contribution in [0.3, 0.4) is 0 Å². The highest BCUT2D eigenvalue weighted by molar-refractivity contribution is 7.90. The summed E-state index contributed by atoms with van der Waals surface area (Å²) in [4.78, 5) is -0.0176. The Kier molecular flexibility index (Phi) is 4.69. The van der Waals surface area contributed by atoms with E-state index in [1.165, 1.54) is 42.7 Å². The molecular weight excluding hydrogens is 314 g/mol. The molecule has 0 spiro atoms. The van der Waals surface area contributed by atoms with Gasteiger partial charge in [0.05, 0.1) is 9.79 Å². The summed E-state index contributed by atoms with van der Waals surface area (Å²) in [5, 5.41) is 3.08. The fraction of sp³-hybridized carbons (Fsp3) is 0.500. The van der Waals surface area contributed by atoms with Crippen LogP contribution >= 0.6 is 0 Å². The lowest BCUT2D eigenvalue weighted by atomic mass is 10.4. The molecule has 0 aliphatic carbocycles. The molecule has 1 aliphatic rings. The zero-order valence-electron chi connectivity index (χ0n) is 12.0. The summed E-state index contributed by atoms with van der Waals surface area (Å²) >= 11 is 0. The first-order valence-corrected chi connectivity index (χ1v) is 9.38. The van der Waals surface area contributed by atoms with Gasteiger partial charge in [0.1, 0.15) is 0 Å². The Morgan fingerprint density at radius 1 is 1.05 bits per heavy atom. The highest BCUT2D eigenvalue weighted by Crippen LogP contribution is 2.21. The molecule has 1 aromatic rings. The van der Waals surface area contributed by atoms with Gasteiger partial charge >= 0.3 is 0 Å². The van der Waals surface area contributed by atoms with Crippen LogP contribution in [0.4, 0.5) is 0 Å². The molecule has 21 heavy (non-hydrogen) atoms. The van der Waals surface area contributed by atoms with Crippen LogP contribution in [-0.4, -0.2) is 65.7 Å². The van der Waals surface area contributed by atoms with Crippen molar-refractivity contribution in [2.75, 3.05) is 40.3 Å². The summed E-state index contributed by atoms with van der Waals surface area (Å²) in [5.74, 6) is 0. The van der Waals surface area contributed by atoms with Gasteiger partial charge in [0, 0.05) is 40.3 Å². The van der Waals surface area contributed by atoms with Crippen molar-refractivity contribution >= 4 is 20.0 Å². The van der Waals surface area contributed by atoms with Crippen LogP contribution in [0, 0.1) is 0 Å². The van der Waals surface area contributed by atoms with E-state index in [1.54, 1.807) is 0 Å². The van der Waals surface area contributed by atoms with Crippen molar-refractivity contribution < 1.29 is 16.8 Å². The number of sulfonamides is 2. The van der Waals surface area contributed by atoms with Gasteiger partial charge in [-0.15, -0.1) is 0 Å². The van der Waals surface area contributed by atoms with Gasteiger partial charge in [0.25, 0.3) is 0 Å². The molecule has 0 unspecified atom stereocenters. The van der Waals surface area contributed by atoms with Crippen molar-refractivity contribution in [2.45, 2.75) is 9.79 Å². The molecule has 1 saturated heterocycles. The van der Waals surface area contributed by atoms with Gasteiger partial charge < -0.3 is 5.32 Å². The van der Waals surface area contributed by atoms with E-state index in [9.17, 15) is 16.8 Å². The molecule has 1 N–H and O–H groups in total. The number of benzene rings is 1. The average Bonchev–Trinajstić information content (AvgIpc) is 2.48. The average molecular weight is 333 g/mol. The van der Waals surface area contributed by atoms with E-state index in [0.29, 0.717) is 26.2 Å². The molecular formula is C12H19N3O4S2. The smallest absolute Gasteiger partial charge is 0.243 e. The number of nitrogens with one attached hydrogen (secondary N) is 1. The monoisotopic (exact) mass is 333 g/mol. The summed E-state index contributed by atoms with van der Waals surface area (Å²) in [6.45, 7) is 1.95. The molecule has 1 fully saturated rings. The van der Waals surface area contributed by atoms with Crippen LogP contribution in [-0.2, 0) is 20.0 Å². The molecule has 7 nitrogen and oxygen atoms in total. The van der Waals surface area contributed by atoms with Crippen LogP contribution in [0.2, 0.25) is 0 Å². The van der Waals surface area contributed by atoms with E-state index in [1.807, 2.05) is 0 Å². The third-order valence-electron chi connectivity index (χ3n) is 3.30. The minimum absolute atomic E-state index is 0.00678. The predicted octanol–water partition coefficient (Wildman–Crippen LogP) is -0.469. The third kappa shape index (κ3) is 3.27. The standard InChI is InChI=1S/C12H19N3O4S2/c1-14(2)20(16,17)11-4-3-5-12(10-11)21(18,19)15-8-6-13-7-9-15/h3-5,10,13H,6-9H2,1-2H3. The molecule has 118 valence electrons. The summed E-state index contributed by atoms with van der Waals surface area (Å²) < 4.78 is 51.7. The molecule has 2 rings (SSSR count). The normalized spacial score (nSPS) is 18.0. The van der Waals surface area contributed by atoms with Crippen molar-refractivity contribution in [3.63, 3.8) is 0 Å². The number of piperazine rings is 1. The van der Waals surface area contributed by atoms with Crippen molar-refractivity contribution in [2.24, 2.45) is 0 Å². The molecule has 0 saturated carbocycles. The molecule has 0 amide bonds. The van der Waals surface area contributed by atoms with Gasteiger partial charge in [-0.25, -0.2) is 21.1 Å². The summed E-state index contributed by atoms with van der Waals surface area (Å²) in [7, 11) is -4.49. The van der Waals surface area contributed by atoms with E-state index >= 15 is 0 Å². The maximum Gasteiger partial charge on any atom is 0.243 e. The highest BCUT2D eigenvalue weighted by atomic mass is 32.2. The SMILES string of the molecule is CN(C)S(=O)(=O)c1cccc(S(=O)(=O)N2CCNCC2)c1. The maximum absolute atomic E-state index is 12.5. The Labute approximate surface area is 125 Å². The lowest BCUT2D eigenvalue weighted by Crippen LogP contribution is -2.46. The van der Waals surface area contributed by atoms with Crippen LogP contribution in [0.1, 0.15) is 0 Å². The van der Waals surface area contributed by atoms with Gasteiger partial charge in [-0.1, -0.05) is 6.07 Å². The lowest BCUT2D eigenvalue weighted by Gasteiger charge is -2.26. The number of nitrogens with zero attached hydrogens (tertiary/aromatic N) is 2. The molecule has 0 radical (unpaired) electrons. The molecule has 0 aromatic heterocycles. The summed E-state index contributed by atoms with van der Waals surface area (Å²) in [6.07, 6.45) is 0. The van der Waals surface area contributed by atoms with Crippen LogP contribution < -0.4 is 5.32 Å². The molecule has 9 heteroatoms. The van der Waals surface area contributed by atoms with E-state index in [2.05, 4.69) is 5.32 Å². The molecule has 0 bridgehead atoms. The number of rotatable bonds is 4. The Balaban J connectivity index is 2.41. The maximum atomic E-state index is 12.5. The summed E-state index contributed by atoms with van der Waals surface area (Å²) in [5.41, 5.74) is 0. The fourth-order valence-corrected chi connectivity index (χ4v) is 4.55. The van der Waals surface area contributed by atoms with Crippen LogP contribution in [0.25, 0.3) is 0 Å². The zero-order valence-corrected chi connectivity index (χ0v) is 13.6. The summed E-state index contributed by atoms with van der Waals surface area (Å²) in [6, 6.07) is 5.48. The number of hydrogen-bond acceptors (Lipinski definition) is 5. The van der Waals surface area contributed by atoms with E-state index in [-0.39, 0.29) is 9.79 Å². The van der Waals surface area contributed by atoms with Gasteiger partial charge in [0.15, 0.2) is 0 Å². The van der Waals surface area contributed by atoms with Crippen LogP contribution in [0.15, 0.2) is 34.1 Å². The Hall–Kier alpha value is -1.00.